The highest BCUT2D eigenvalue weighted by Crippen LogP contribution is 1.96. The van der Waals surface area contributed by atoms with Gasteiger partial charge >= 0.3 is 0 Å². The molecule has 0 fully saturated rings. The van der Waals surface area contributed by atoms with Crippen molar-refractivity contribution < 1.29 is 8.42 Å². The molecule has 0 aliphatic rings. The molecule has 0 amide bonds. The van der Waals surface area contributed by atoms with E-state index in [1.54, 1.807) is 7.05 Å². The first-order valence-corrected chi connectivity index (χ1v) is 7.15. The van der Waals surface area contributed by atoms with E-state index in [0.717, 1.165) is 13.0 Å². The van der Waals surface area contributed by atoms with Gasteiger partial charge in [0.05, 0.1) is 12.3 Å². The van der Waals surface area contributed by atoms with Crippen molar-refractivity contribution >= 4 is 10.0 Å². The summed E-state index contributed by atoms with van der Waals surface area (Å²) in [6.45, 7) is 0.979. The Bertz CT molecular complexity index is 428. The van der Waals surface area contributed by atoms with Gasteiger partial charge in [-0.25, -0.2) is 18.1 Å². The molecule has 0 aliphatic heterocycles. The van der Waals surface area contributed by atoms with Gasteiger partial charge in [0, 0.05) is 7.05 Å². The number of aryl methyl sites for hydroxylation is 1. The molecule has 1 rings (SSSR count). The normalized spacial score (nSPS) is 11.9. The van der Waals surface area contributed by atoms with Crippen molar-refractivity contribution in [3.8, 4) is 0 Å². The topological polar surface area (TPSA) is 88.9 Å². The van der Waals surface area contributed by atoms with Gasteiger partial charge in [0.1, 0.15) is 6.33 Å². The number of aromatic nitrogens is 3. The zero-order chi connectivity index (χ0) is 12.7. The first-order valence-electron chi connectivity index (χ1n) is 5.50. The molecule has 0 saturated heterocycles. The van der Waals surface area contributed by atoms with Gasteiger partial charge in [0.2, 0.25) is 10.0 Å². The SMILES string of the molecule is CNCCCCS(=O)(=O)NCc1ncn(C)n1. The Kier molecular flexibility index (Phi) is 5.52. The van der Waals surface area contributed by atoms with E-state index in [0.29, 0.717) is 12.2 Å². The van der Waals surface area contributed by atoms with Gasteiger partial charge in [-0.2, -0.15) is 5.10 Å². The highest BCUT2D eigenvalue weighted by Gasteiger charge is 2.10. The van der Waals surface area contributed by atoms with Crippen molar-refractivity contribution in [3.63, 3.8) is 0 Å². The van der Waals surface area contributed by atoms with Crippen LogP contribution in [0.15, 0.2) is 6.33 Å². The Balaban J connectivity index is 2.29. The second kappa shape index (κ2) is 6.67. The van der Waals surface area contributed by atoms with Crippen molar-refractivity contribution in [3.05, 3.63) is 12.2 Å². The minimum Gasteiger partial charge on any atom is -0.320 e. The third-order valence-electron chi connectivity index (χ3n) is 2.19. The van der Waals surface area contributed by atoms with Crippen molar-refractivity contribution in [2.45, 2.75) is 19.4 Å². The van der Waals surface area contributed by atoms with Crippen LogP contribution in [-0.2, 0) is 23.6 Å². The molecule has 0 saturated carbocycles. The van der Waals surface area contributed by atoms with Crippen LogP contribution in [0.25, 0.3) is 0 Å². The van der Waals surface area contributed by atoms with Crippen LogP contribution in [0, 0.1) is 0 Å². The van der Waals surface area contributed by atoms with Crippen molar-refractivity contribution in [2.75, 3.05) is 19.3 Å². The maximum absolute atomic E-state index is 11.6. The fourth-order valence-electron chi connectivity index (χ4n) is 1.31. The minimum atomic E-state index is -3.22. The number of nitrogens with one attached hydrogen (secondary N) is 2. The van der Waals surface area contributed by atoms with Crippen LogP contribution in [-0.4, -0.2) is 42.5 Å². The second-order valence-corrected chi connectivity index (χ2v) is 5.71. The molecule has 0 atom stereocenters. The lowest BCUT2D eigenvalue weighted by Crippen LogP contribution is -2.27. The van der Waals surface area contributed by atoms with E-state index in [-0.39, 0.29) is 12.3 Å². The van der Waals surface area contributed by atoms with Gasteiger partial charge in [-0.1, -0.05) is 0 Å². The lowest BCUT2D eigenvalue weighted by atomic mass is 10.3. The number of rotatable bonds is 8. The molecule has 0 unspecified atom stereocenters. The Morgan fingerprint density at radius 2 is 2.18 bits per heavy atom. The number of hydrogen-bond acceptors (Lipinski definition) is 5. The van der Waals surface area contributed by atoms with E-state index in [2.05, 4.69) is 20.1 Å². The van der Waals surface area contributed by atoms with Crippen LogP contribution in [0.3, 0.4) is 0 Å². The smallest absolute Gasteiger partial charge is 0.212 e. The fraction of sp³-hybridized carbons (Fsp3) is 0.778. The molecule has 2 N–H and O–H groups in total. The van der Waals surface area contributed by atoms with Crippen LogP contribution < -0.4 is 10.0 Å². The fourth-order valence-corrected chi connectivity index (χ4v) is 2.38. The van der Waals surface area contributed by atoms with E-state index in [1.807, 2.05) is 7.05 Å². The summed E-state index contributed by atoms with van der Waals surface area (Å²) >= 11 is 0. The number of nitrogens with zero attached hydrogens (tertiary/aromatic N) is 3. The van der Waals surface area contributed by atoms with Crippen molar-refractivity contribution in [1.29, 1.82) is 0 Å². The molecule has 17 heavy (non-hydrogen) atoms. The van der Waals surface area contributed by atoms with Crippen LogP contribution >= 0.6 is 0 Å². The molecule has 0 aliphatic carbocycles. The monoisotopic (exact) mass is 261 g/mol. The molecule has 7 nitrogen and oxygen atoms in total. The van der Waals surface area contributed by atoms with Gasteiger partial charge in [-0.3, -0.25) is 4.68 Å². The highest BCUT2D eigenvalue weighted by molar-refractivity contribution is 7.89. The third kappa shape index (κ3) is 5.76. The minimum absolute atomic E-state index is 0.140. The molecule has 8 heteroatoms. The summed E-state index contributed by atoms with van der Waals surface area (Å²) in [5, 5.41) is 6.97. The summed E-state index contributed by atoms with van der Waals surface area (Å²) in [7, 11) is 0.368. The van der Waals surface area contributed by atoms with Gasteiger partial charge in [0.15, 0.2) is 5.82 Å². The lowest BCUT2D eigenvalue weighted by molar-refractivity contribution is 0.573. The number of hydrogen-bond donors (Lipinski definition) is 2. The second-order valence-electron chi connectivity index (χ2n) is 3.79. The standard InChI is InChI=1S/C9H19N5O2S/c1-10-5-3-4-6-17(15,16)12-7-9-11-8-14(2)13-9/h8,10,12H,3-7H2,1-2H3. The first-order chi connectivity index (χ1) is 8.03. The Morgan fingerprint density at radius 1 is 1.41 bits per heavy atom. The molecular weight excluding hydrogens is 242 g/mol. The van der Waals surface area contributed by atoms with Crippen LogP contribution in [0.1, 0.15) is 18.7 Å². The van der Waals surface area contributed by atoms with Crippen LogP contribution in [0.2, 0.25) is 0 Å². The lowest BCUT2D eigenvalue weighted by Gasteiger charge is -2.04. The van der Waals surface area contributed by atoms with E-state index >= 15 is 0 Å². The molecule has 0 aromatic carbocycles. The Hall–Kier alpha value is -0.990. The molecule has 1 aromatic heterocycles. The molecule has 0 radical (unpaired) electrons. The highest BCUT2D eigenvalue weighted by atomic mass is 32.2. The summed E-state index contributed by atoms with van der Waals surface area (Å²) in [4.78, 5) is 3.94. The third-order valence-corrected chi connectivity index (χ3v) is 3.60. The molecule has 1 heterocycles. The van der Waals surface area contributed by atoms with Crippen molar-refractivity contribution in [2.24, 2.45) is 7.05 Å². The van der Waals surface area contributed by atoms with Gasteiger partial charge in [-0.05, 0) is 26.4 Å². The summed E-state index contributed by atoms with van der Waals surface area (Å²) in [6, 6.07) is 0. The van der Waals surface area contributed by atoms with Crippen LogP contribution in [0.4, 0.5) is 0 Å². The maximum atomic E-state index is 11.6. The Morgan fingerprint density at radius 3 is 2.76 bits per heavy atom. The summed E-state index contributed by atoms with van der Waals surface area (Å²) in [5.41, 5.74) is 0. The van der Waals surface area contributed by atoms with Gasteiger partial charge in [0.25, 0.3) is 0 Å². The first kappa shape index (κ1) is 14.1. The summed E-state index contributed by atoms with van der Waals surface area (Å²) in [5.74, 6) is 0.618. The number of unbranched alkanes of at least 4 members (excludes halogenated alkanes) is 1. The largest absolute Gasteiger partial charge is 0.320 e. The molecule has 0 spiro atoms. The van der Waals surface area contributed by atoms with Gasteiger partial charge < -0.3 is 5.32 Å². The molecular formula is C9H19N5O2S. The zero-order valence-electron chi connectivity index (χ0n) is 10.2. The van der Waals surface area contributed by atoms with E-state index in [1.165, 1.54) is 11.0 Å². The quantitative estimate of drug-likeness (QED) is 0.600. The van der Waals surface area contributed by atoms with Gasteiger partial charge in [-0.15, -0.1) is 0 Å². The van der Waals surface area contributed by atoms with E-state index < -0.39 is 10.0 Å². The molecule has 0 bridgehead atoms. The van der Waals surface area contributed by atoms with E-state index in [9.17, 15) is 8.42 Å². The number of sulfonamides is 1. The van der Waals surface area contributed by atoms with Crippen molar-refractivity contribution in [1.82, 2.24) is 24.8 Å². The molecule has 98 valence electrons. The average Bonchev–Trinajstić information content (AvgIpc) is 2.68. The maximum Gasteiger partial charge on any atom is 0.212 e. The van der Waals surface area contributed by atoms with E-state index in [4.69, 9.17) is 0 Å². The predicted molar refractivity (Wildman–Crippen MR) is 64.8 cm³/mol. The average molecular weight is 261 g/mol. The zero-order valence-corrected chi connectivity index (χ0v) is 11.0. The summed E-state index contributed by atoms with van der Waals surface area (Å²) < 4.78 is 27.2. The summed E-state index contributed by atoms with van der Waals surface area (Å²) in [6.07, 6.45) is 3.03. The Labute approximate surface area is 102 Å². The molecule has 1 aromatic rings. The predicted octanol–water partition coefficient (Wildman–Crippen LogP) is -0.766. The van der Waals surface area contributed by atoms with Crippen LogP contribution in [0.5, 0.6) is 0 Å².